The van der Waals surface area contributed by atoms with Gasteiger partial charge in [0.05, 0.1) is 12.3 Å². The van der Waals surface area contributed by atoms with E-state index in [0.29, 0.717) is 19.6 Å². The zero-order valence-electron chi connectivity index (χ0n) is 13.6. The van der Waals surface area contributed by atoms with E-state index in [1.165, 1.54) is 4.31 Å². The Morgan fingerprint density at radius 2 is 2.23 bits per heavy atom. The van der Waals surface area contributed by atoms with Gasteiger partial charge in [-0.15, -0.1) is 30.6 Å². The normalized spacial score (nSPS) is 17.8. The number of nitrogens with zero attached hydrogens (tertiary/aromatic N) is 3. The summed E-state index contributed by atoms with van der Waals surface area (Å²) in [5.74, 6) is 1.11. The Labute approximate surface area is 152 Å². The third-order valence-corrected chi connectivity index (χ3v) is 5.37. The first-order chi connectivity index (χ1) is 10.0. The summed E-state index contributed by atoms with van der Waals surface area (Å²) in [6, 6.07) is 0. The van der Waals surface area contributed by atoms with Gasteiger partial charge in [-0.25, -0.2) is 12.7 Å². The molecule has 0 spiro atoms. The fraction of sp³-hybridized carbons (Fsp3) is 0.786. The van der Waals surface area contributed by atoms with Crippen molar-refractivity contribution < 1.29 is 8.42 Å². The summed E-state index contributed by atoms with van der Waals surface area (Å²) in [7, 11) is -1.02. The first kappa shape index (κ1) is 21.6. The van der Waals surface area contributed by atoms with E-state index in [1.807, 2.05) is 20.0 Å². The predicted octanol–water partition coefficient (Wildman–Crippen LogP) is 1.50. The Morgan fingerprint density at radius 3 is 2.77 bits per heavy atom. The fourth-order valence-corrected chi connectivity index (χ4v) is 3.78. The number of rotatable bonds is 8. The van der Waals surface area contributed by atoms with Crippen molar-refractivity contribution in [3.8, 4) is 0 Å². The fourth-order valence-electron chi connectivity index (χ4n) is 2.26. The number of hydrogen-bond donors (Lipinski definition) is 1. The number of allylic oxidation sites excluding steroid dienone is 1. The third kappa shape index (κ3) is 7.28. The van der Waals surface area contributed by atoms with E-state index in [9.17, 15) is 8.42 Å². The Kier molecular flexibility index (Phi) is 11.0. The van der Waals surface area contributed by atoms with E-state index in [0.717, 1.165) is 38.3 Å². The maximum absolute atomic E-state index is 11.7. The Morgan fingerprint density at radius 1 is 1.50 bits per heavy atom. The van der Waals surface area contributed by atoms with E-state index < -0.39 is 10.0 Å². The second kappa shape index (κ2) is 11.2. The number of nitrogens with one attached hydrogen (secondary N) is 1. The van der Waals surface area contributed by atoms with Crippen molar-refractivity contribution in [2.75, 3.05) is 45.5 Å². The molecule has 22 heavy (non-hydrogen) atoms. The number of unbranched alkanes of at least 4 members (excludes halogenated alkanes) is 1. The van der Waals surface area contributed by atoms with Gasteiger partial charge >= 0.3 is 0 Å². The van der Waals surface area contributed by atoms with Crippen molar-refractivity contribution >= 4 is 40.0 Å². The van der Waals surface area contributed by atoms with Crippen LogP contribution in [0.15, 0.2) is 17.6 Å². The summed E-state index contributed by atoms with van der Waals surface area (Å²) in [5, 5.41) is 3.24. The summed E-state index contributed by atoms with van der Waals surface area (Å²) in [5.41, 5.74) is 0. The van der Waals surface area contributed by atoms with Crippen LogP contribution in [-0.4, -0.2) is 69.1 Å². The molecule has 1 aliphatic heterocycles. The molecular formula is C14H29IN4O2S. The van der Waals surface area contributed by atoms with Crippen LogP contribution in [0.25, 0.3) is 0 Å². The number of hydrogen-bond acceptors (Lipinski definition) is 3. The minimum atomic E-state index is -3.02. The molecule has 8 heteroatoms. The standard InChI is InChI=1S/C14H28N4O2S.HI/c1-4-6-7-10-17(3)14(15-5-2)16-9-12-18-11-8-13-21(18,19)20;/h4H,1,5-13H2,2-3H3,(H,15,16);1H. The lowest BCUT2D eigenvalue weighted by molar-refractivity contribution is 0.444. The van der Waals surface area contributed by atoms with Crippen LogP contribution in [0, 0.1) is 0 Å². The van der Waals surface area contributed by atoms with E-state index in [1.54, 1.807) is 0 Å². The second-order valence-corrected chi connectivity index (χ2v) is 7.25. The van der Waals surface area contributed by atoms with Crippen LogP contribution >= 0.6 is 24.0 Å². The van der Waals surface area contributed by atoms with Crippen molar-refractivity contribution in [3.05, 3.63) is 12.7 Å². The molecule has 1 saturated heterocycles. The highest BCUT2D eigenvalue weighted by molar-refractivity contribution is 14.0. The zero-order valence-corrected chi connectivity index (χ0v) is 16.8. The molecule has 0 radical (unpaired) electrons. The molecule has 0 saturated carbocycles. The Balaban J connectivity index is 0.00000441. The molecular weight excluding hydrogens is 415 g/mol. The molecule has 0 atom stereocenters. The minimum absolute atomic E-state index is 0. The quantitative estimate of drug-likeness (QED) is 0.203. The van der Waals surface area contributed by atoms with Crippen LogP contribution in [0.5, 0.6) is 0 Å². The SMILES string of the molecule is C=CCCCN(C)C(=NCCN1CCCS1(=O)=O)NCC.I. The van der Waals surface area contributed by atoms with Gasteiger partial charge in [0.1, 0.15) is 0 Å². The largest absolute Gasteiger partial charge is 0.357 e. The van der Waals surface area contributed by atoms with Gasteiger partial charge in [-0.3, -0.25) is 4.99 Å². The van der Waals surface area contributed by atoms with Gasteiger partial charge in [0, 0.05) is 33.2 Å². The lowest BCUT2D eigenvalue weighted by atomic mass is 10.3. The summed E-state index contributed by atoms with van der Waals surface area (Å²) < 4.78 is 25.0. The molecule has 130 valence electrons. The molecule has 6 nitrogen and oxygen atoms in total. The molecule has 0 unspecified atom stereocenters. The molecule has 0 aromatic rings. The summed E-state index contributed by atoms with van der Waals surface area (Å²) in [6.45, 7) is 9.04. The molecule has 0 aromatic carbocycles. The molecule has 1 fully saturated rings. The topological polar surface area (TPSA) is 65.0 Å². The number of aliphatic imine (C=N–C) groups is 1. The maximum atomic E-state index is 11.7. The van der Waals surface area contributed by atoms with Crippen LogP contribution in [-0.2, 0) is 10.0 Å². The van der Waals surface area contributed by atoms with Crippen molar-refractivity contribution in [1.29, 1.82) is 0 Å². The van der Waals surface area contributed by atoms with E-state index in [2.05, 4.69) is 21.8 Å². The van der Waals surface area contributed by atoms with Crippen molar-refractivity contribution in [2.24, 2.45) is 4.99 Å². The summed E-state index contributed by atoms with van der Waals surface area (Å²) in [4.78, 5) is 6.60. The van der Waals surface area contributed by atoms with Gasteiger partial charge in [0.25, 0.3) is 0 Å². The molecule has 1 N–H and O–H groups in total. The van der Waals surface area contributed by atoms with Gasteiger partial charge in [-0.2, -0.15) is 0 Å². The van der Waals surface area contributed by atoms with Gasteiger partial charge in [-0.1, -0.05) is 6.08 Å². The molecule has 1 rings (SSSR count). The van der Waals surface area contributed by atoms with Gasteiger partial charge in [0.2, 0.25) is 10.0 Å². The number of guanidine groups is 1. The first-order valence-corrected chi connectivity index (χ1v) is 9.20. The Hall–Kier alpha value is -0.350. The average molecular weight is 444 g/mol. The molecule has 0 aliphatic carbocycles. The van der Waals surface area contributed by atoms with Crippen molar-refractivity contribution in [2.45, 2.75) is 26.2 Å². The van der Waals surface area contributed by atoms with E-state index in [-0.39, 0.29) is 29.7 Å². The zero-order chi connectivity index (χ0) is 15.7. The lowest BCUT2D eigenvalue weighted by Crippen LogP contribution is -2.40. The summed E-state index contributed by atoms with van der Waals surface area (Å²) >= 11 is 0. The molecule has 0 bridgehead atoms. The first-order valence-electron chi connectivity index (χ1n) is 7.59. The van der Waals surface area contributed by atoms with Crippen molar-refractivity contribution in [3.63, 3.8) is 0 Å². The molecule has 0 aromatic heterocycles. The minimum Gasteiger partial charge on any atom is -0.357 e. The molecule has 1 heterocycles. The van der Waals surface area contributed by atoms with Crippen LogP contribution in [0.3, 0.4) is 0 Å². The smallest absolute Gasteiger partial charge is 0.214 e. The highest BCUT2D eigenvalue weighted by atomic mass is 127. The van der Waals surface area contributed by atoms with Crippen LogP contribution in [0.4, 0.5) is 0 Å². The molecule has 0 amide bonds. The lowest BCUT2D eigenvalue weighted by Gasteiger charge is -2.22. The van der Waals surface area contributed by atoms with Gasteiger partial charge < -0.3 is 10.2 Å². The van der Waals surface area contributed by atoms with Crippen molar-refractivity contribution in [1.82, 2.24) is 14.5 Å². The van der Waals surface area contributed by atoms with E-state index in [4.69, 9.17) is 0 Å². The predicted molar refractivity (Wildman–Crippen MR) is 103 cm³/mol. The average Bonchev–Trinajstić information content (AvgIpc) is 2.77. The Bertz CT molecular complexity index is 454. The highest BCUT2D eigenvalue weighted by Crippen LogP contribution is 2.12. The number of halogens is 1. The summed E-state index contributed by atoms with van der Waals surface area (Å²) in [6.07, 6.45) is 4.66. The van der Waals surface area contributed by atoms with Crippen LogP contribution in [0.2, 0.25) is 0 Å². The van der Waals surface area contributed by atoms with E-state index >= 15 is 0 Å². The number of sulfonamides is 1. The second-order valence-electron chi connectivity index (χ2n) is 5.16. The highest BCUT2D eigenvalue weighted by Gasteiger charge is 2.27. The monoisotopic (exact) mass is 444 g/mol. The maximum Gasteiger partial charge on any atom is 0.214 e. The third-order valence-electron chi connectivity index (χ3n) is 3.41. The van der Waals surface area contributed by atoms with Gasteiger partial charge in [0.15, 0.2) is 5.96 Å². The van der Waals surface area contributed by atoms with Crippen LogP contribution in [0.1, 0.15) is 26.2 Å². The van der Waals surface area contributed by atoms with Gasteiger partial charge in [-0.05, 0) is 26.2 Å². The molecule has 1 aliphatic rings. The van der Waals surface area contributed by atoms with Crippen LogP contribution < -0.4 is 5.32 Å².